The summed E-state index contributed by atoms with van der Waals surface area (Å²) in [6, 6.07) is 15.9. The van der Waals surface area contributed by atoms with Crippen molar-refractivity contribution < 1.29 is 9.53 Å². The fraction of sp³-hybridized carbons (Fsp3) is 0.364. The van der Waals surface area contributed by atoms with Gasteiger partial charge in [-0.25, -0.2) is 4.98 Å². The van der Waals surface area contributed by atoms with E-state index in [2.05, 4.69) is 5.32 Å². The van der Waals surface area contributed by atoms with E-state index in [0.29, 0.717) is 6.61 Å². The molecule has 1 amide bonds. The highest BCUT2D eigenvalue weighted by Gasteiger charge is 2.18. The molecule has 1 N–H and O–H groups in total. The van der Waals surface area contributed by atoms with Crippen molar-refractivity contribution in [3.63, 3.8) is 0 Å². The number of hydrogen-bond acceptors (Lipinski definition) is 4. The number of para-hydroxylation sites is 3. The fourth-order valence-corrected chi connectivity index (χ4v) is 3.75. The van der Waals surface area contributed by atoms with Crippen molar-refractivity contribution in [2.45, 2.75) is 44.9 Å². The minimum atomic E-state index is -0.262. The molecule has 0 unspecified atom stereocenters. The lowest BCUT2D eigenvalue weighted by molar-refractivity contribution is -0.123. The summed E-state index contributed by atoms with van der Waals surface area (Å²) in [7, 11) is 0. The van der Waals surface area contributed by atoms with Gasteiger partial charge >= 0.3 is 0 Å². The molecule has 1 aromatic heterocycles. The molecular weight excluding hydrogens is 370 g/mol. The molecule has 2 aromatic carbocycles. The molecule has 0 atom stereocenters. The van der Waals surface area contributed by atoms with Gasteiger partial charge in [-0.3, -0.25) is 4.79 Å². The Kier molecular flexibility index (Phi) is 6.29. The number of aromatic nitrogens is 2. The van der Waals surface area contributed by atoms with E-state index in [1.54, 1.807) is 11.8 Å². The van der Waals surface area contributed by atoms with Gasteiger partial charge < -0.3 is 14.6 Å². The van der Waals surface area contributed by atoms with Crippen LogP contribution in [0.25, 0.3) is 11.0 Å². The van der Waals surface area contributed by atoms with Crippen molar-refractivity contribution in [1.82, 2.24) is 14.9 Å². The van der Waals surface area contributed by atoms with E-state index in [4.69, 9.17) is 9.72 Å². The van der Waals surface area contributed by atoms with Gasteiger partial charge in [-0.1, -0.05) is 42.1 Å². The molecule has 6 heteroatoms. The van der Waals surface area contributed by atoms with Gasteiger partial charge in [0.15, 0.2) is 5.16 Å². The van der Waals surface area contributed by atoms with E-state index in [0.717, 1.165) is 33.3 Å². The summed E-state index contributed by atoms with van der Waals surface area (Å²) >= 11 is 1.60. The SMILES string of the molecule is Cc1ccccc1OCCSc1nc2ccccc2n1CC(=O)NC(C)(C)C. The van der Waals surface area contributed by atoms with Crippen molar-refractivity contribution in [3.8, 4) is 5.75 Å². The van der Waals surface area contributed by atoms with E-state index >= 15 is 0 Å². The average molecular weight is 398 g/mol. The summed E-state index contributed by atoms with van der Waals surface area (Å²) < 4.78 is 7.86. The predicted molar refractivity (Wildman–Crippen MR) is 115 cm³/mol. The van der Waals surface area contributed by atoms with E-state index in [1.165, 1.54) is 0 Å². The molecule has 0 aliphatic rings. The number of fused-ring (bicyclic) bond motifs is 1. The number of thioether (sulfide) groups is 1. The Morgan fingerprint density at radius 1 is 1.14 bits per heavy atom. The van der Waals surface area contributed by atoms with Crippen LogP contribution in [0.4, 0.5) is 0 Å². The molecule has 28 heavy (non-hydrogen) atoms. The minimum Gasteiger partial charge on any atom is -0.492 e. The van der Waals surface area contributed by atoms with Crippen molar-refractivity contribution in [1.29, 1.82) is 0 Å². The largest absolute Gasteiger partial charge is 0.492 e. The summed E-state index contributed by atoms with van der Waals surface area (Å²) in [5.74, 6) is 1.63. The van der Waals surface area contributed by atoms with Gasteiger partial charge in [0.05, 0.1) is 17.6 Å². The number of benzene rings is 2. The van der Waals surface area contributed by atoms with Gasteiger partial charge in [0.25, 0.3) is 0 Å². The molecule has 5 nitrogen and oxygen atoms in total. The fourth-order valence-electron chi connectivity index (χ4n) is 2.92. The molecule has 0 spiro atoms. The summed E-state index contributed by atoms with van der Waals surface area (Å²) in [6.45, 7) is 8.81. The third kappa shape index (κ3) is 5.29. The Morgan fingerprint density at radius 2 is 1.86 bits per heavy atom. The maximum Gasteiger partial charge on any atom is 0.240 e. The van der Waals surface area contributed by atoms with Gasteiger partial charge in [-0.05, 0) is 51.5 Å². The minimum absolute atomic E-state index is 0.0198. The Bertz CT molecular complexity index is 960. The maximum atomic E-state index is 12.5. The lowest BCUT2D eigenvalue weighted by Crippen LogP contribution is -2.42. The molecule has 3 aromatic rings. The number of ether oxygens (including phenoxy) is 1. The van der Waals surface area contributed by atoms with Crippen molar-refractivity contribution in [2.24, 2.45) is 0 Å². The number of nitrogens with one attached hydrogen (secondary N) is 1. The first kappa shape index (κ1) is 20.3. The second-order valence-corrected chi connectivity index (χ2v) is 8.79. The van der Waals surface area contributed by atoms with Gasteiger partial charge in [-0.2, -0.15) is 0 Å². The lowest BCUT2D eigenvalue weighted by atomic mass is 10.1. The monoisotopic (exact) mass is 397 g/mol. The van der Waals surface area contributed by atoms with Crippen LogP contribution in [0.15, 0.2) is 53.7 Å². The number of hydrogen-bond donors (Lipinski definition) is 1. The predicted octanol–water partition coefficient (Wildman–Crippen LogP) is 4.43. The zero-order valence-electron chi connectivity index (χ0n) is 16.9. The number of carbonyl (C=O) groups excluding carboxylic acids is 1. The van der Waals surface area contributed by atoms with Crippen LogP contribution in [-0.4, -0.2) is 33.4 Å². The van der Waals surface area contributed by atoms with Crippen LogP contribution in [0.1, 0.15) is 26.3 Å². The quantitative estimate of drug-likeness (QED) is 0.473. The number of rotatable bonds is 7. The average Bonchev–Trinajstić information content (AvgIpc) is 2.96. The molecule has 0 saturated carbocycles. The van der Waals surface area contributed by atoms with Crippen molar-refractivity contribution >= 4 is 28.7 Å². The topological polar surface area (TPSA) is 56.2 Å². The smallest absolute Gasteiger partial charge is 0.240 e. The van der Waals surface area contributed by atoms with Crippen LogP contribution in [0.3, 0.4) is 0 Å². The summed E-state index contributed by atoms with van der Waals surface area (Å²) in [6.07, 6.45) is 0. The Balaban J connectivity index is 1.69. The van der Waals surface area contributed by atoms with Gasteiger partial charge in [0.1, 0.15) is 12.3 Å². The van der Waals surface area contributed by atoms with Crippen LogP contribution >= 0.6 is 11.8 Å². The number of amides is 1. The van der Waals surface area contributed by atoms with Gasteiger partial charge in [0, 0.05) is 11.3 Å². The first-order valence-electron chi connectivity index (χ1n) is 9.41. The molecular formula is C22H27N3O2S. The first-order valence-corrected chi connectivity index (χ1v) is 10.4. The molecule has 148 valence electrons. The zero-order chi connectivity index (χ0) is 20.1. The lowest BCUT2D eigenvalue weighted by Gasteiger charge is -2.21. The molecule has 0 aliphatic carbocycles. The highest BCUT2D eigenvalue weighted by atomic mass is 32.2. The molecule has 0 fully saturated rings. The molecule has 0 radical (unpaired) electrons. The third-order valence-corrected chi connectivity index (χ3v) is 5.04. The summed E-state index contributed by atoms with van der Waals surface area (Å²) in [4.78, 5) is 17.2. The van der Waals surface area contributed by atoms with Gasteiger partial charge in [-0.15, -0.1) is 0 Å². The highest BCUT2D eigenvalue weighted by Crippen LogP contribution is 2.24. The van der Waals surface area contributed by atoms with Crippen LogP contribution in [0, 0.1) is 6.92 Å². The van der Waals surface area contributed by atoms with Gasteiger partial charge in [0.2, 0.25) is 5.91 Å². The molecule has 3 rings (SSSR count). The zero-order valence-corrected chi connectivity index (χ0v) is 17.7. The highest BCUT2D eigenvalue weighted by molar-refractivity contribution is 7.99. The summed E-state index contributed by atoms with van der Waals surface area (Å²) in [5.41, 5.74) is 2.73. The molecule has 1 heterocycles. The van der Waals surface area contributed by atoms with Crippen LogP contribution in [0.2, 0.25) is 0 Å². The number of imidazole rings is 1. The maximum absolute atomic E-state index is 12.5. The standard InChI is InChI=1S/C22H27N3O2S/c1-16-9-5-8-12-19(16)27-13-14-28-21-23-17-10-6-7-11-18(17)25(21)15-20(26)24-22(2,3)4/h5-12H,13-15H2,1-4H3,(H,24,26). The Hall–Kier alpha value is -2.47. The van der Waals surface area contributed by atoms with E-state index < -0.39 is 0 Å². The molecule has 0 saturated heterocycles. The number of aryl methyl sites for hydroxylation is 1. The third-order valence-electron chi connectivity index (χ3n) is 4.10. The molecule has 0 aliphatic heterocycles. The van der Waals surface area contributed by atoms with E-state index in [1.807, 2.05) is 80.8 Å². The van der Waals surface area contributed by atoms with Crippen LogP contribution in [-0.2, 0) is 11.3 Å². The number of carbonyl (C=O) groups is 1. The van der Waals surface area contributed by atoms with E-state index in [-0.39, 0.29) is 18.0 Å². The summed E-state index contributed by atoms with van der Waals surface area (Å²) in [5, 5.41) is 3.85. The second kappa shape index (κ2) is 8.69. The first-order chi connectivity index (χ1) is 13.3. The Labute approximate surface area is 170 Å². The normalized spacial score (nSPS) is 11.6. The van der Waals surface area contributed by atoms with E-state index in [9.17, 15) is 4.79 Å². The van der Waals surface area contributed by atoms with Crippen molar-refractivity contribution in [2.75, 3.05) is 12.4 Å². The van der Waals surface area contributed by atoms with Crippen LogP contribution < -0.4 is 10.1 Å². The second-order valence-electron chi connectivity index (χ2n) is 7.73. The number of nitrogens with zero attached hydrogens (tertiary/aromatic N) is 2. The Morgan fingerprint density at radius 3 is 2.61 bits per heavy atom. The van der Waals surface area contributed by atoms with Crippen LogP contribution in [0.5, 0.6) is 5.75 Å². The van der Waals surface area contributed by atoms with Crippen molar-refractivity contribution in [3.05, 3.63) is 54.1 Å². The molecule has 0 bridgehead atoms.